The van der Waals surface area contributed by atoms with Crippen LogP contribution in [0.1, 0.15) is 37.0 Å². The van der Waals surface area contributed by atoms with Gasteiger partial charge in [-0.15, -0.1) is 0 Å². The summed E-state index contributed by atoms with van der Waals surface area (Å²) in [6.45, 7) is 8.56. The van der Waals surface area contributed by atoms with Crippen molar-refractivity contribution in [2.75, 3.05) is 0 Å². The Hall–Kier alpha value is -2.37. The van der Waals surface area contributed by atoms with Crippen LogP contribution in [-0.2, 0) is 6.54 Å². The van der Waals surface area contributed by atoms with E-state index in [0.29, 0.717) is 12.2 Å². The van der Waals surface area contributed by atoms with Gasteiger partial charge >= 0.3 is 0 Å². The Bertz CT molecular complexity index is 696. The molecule has 6 nitrogen and oxygen atoms in total. The molecule has 0 bridgehead atoms. The van der Waals surface area contributed by atoms with Gasteiger partial charge in [0.2, 0.25) is 0 Å². The van der Waals surface area contributed by atoms with E-state index in [2.05, 4.69) is 36.1 Å². The van der Waals surface area contributed by atoms with Gasteiger partial charge in [0.15, 0.2) is 5.43 Å². The molecule has 2 rings (SSSR count). The largest absolute Gasteiger partial charge is 0.354 e. The number of aromatic nitrogens is 3. The Balaban J connectivity index is 2.19. The third-order valence-corrected chi connectivity index (χ3v) is 3.53. The summed E-state index contributed by atoms with van der Waals surface area (Å²) in [5.41, 5.74) is 0.636. The van der Waals surface area contributed by atoms with Crippen molar-refractivity contribution in [1.29, 1.82) is 0 Å². The van der Waals surface area contributed by atoms with Crippen LogP contribution in [0, 0.1) is 12.3 Å². The lowest BCUT2D eigenvalue weighted by molar-refractivity contribution is 0.0887. The van der Waals surface area contributed by atoms with E-state index in [1.165, 1.54) is 12.1 Å². The first-order valence-corrected chi connectivity index (χ1v) is 7.23. The number of pyridine rings is 1. The molecule has 1 amide bonds. The van der Waals surface area contributed by atoms with Gasteiger partial charge in [-0.25, -0.2) is 4.98 Å². The van der Waals surface area contributed by atoms with Crippen LogP contribution in [0.5, 0.6) is 0 Å². The smallest absolute Gasteiger partial charge is 0.268 e. The first kappa shape index (κ1) is 16.0. The van der Waals surface area contributed by atoms with Gasteiger partial charge in [0.05, 0.1) is 12.4 Å². The van der Waals surface area contributed by atoms with E-state index < -0.39 is 0 Å². The lowest BCUT2D eigenvalue weighted by Crippen LogP contribution is -2.46. The first-order chi connectivity index (χ1) is 10.3. The summed E-state index contributed by atoms with van der Waals surface area (Å²) in [7, 11) is 0. The molecule has 0 aliphatic rings. The molecule has 0 radical (unpaired) electrons. The van der Waals surface area contributed by atoms with Crippen molar-refractivity contribution in [2.45, 2.75) is 40.3 Å². The van der Waals surface area contributed by atoms with E-state index in [4.69, 9.17) is 0 Å². The first-order valence-electron chi connectivity index (χ1n) is 7.23. The maximum absolute atomic E-state index is 12.4. The lowest BCUT2D eigenvalue weighted by Gasteiger charge is -2.31. The van der Waals surface area contributed by atoms with Crippen molar-refractivity contribution in [1.82, 2.24) is 19.9 Å². The summed E-state index contributed by atoms with van der Waals surface area (Å²) in [4.78, 5) is 30.9. The number of H-pyrrole nitrogens is 1. The Kier molecular flexibility index (Phi) is 4.49. The van der Waals surface area contributed by atoms with E-state index in [1.807, 2.05) is 10.8 Å². The van der Waals surface area contributed by atoms with Crippen molar-refractivity contribution < 1.29 is 4.79 Å². The summed E-state index contributed by atoms with van der Waals surface area (Å²) in [6, 6.07) is 2.68. The highest BCUT2D eigenvalue weighted by Crippen LogP contribution is 2.21. The zero-order valence-corrected chi connectivity index (χ0v) is 13.4. The molecule has 2 aromatic rings. The molecule has 0 aliphatic heterocycles. The number of rotatable bonds is 4. The second-order valence-corrected chi connectivity index (χ2v) is 6.56. The second-order valence-electron chi connectivity index (χ2n) is 6.56. The monoisotopic (exact) mass is 302 g/mol. The molecule has 0 saturated heterocycles. The molecule has 118 valence electrons. The van der Waals surface area contributed by atoms with Crippen molar-refractivity contribution in [3.63, 3.8) is 0 Å². The SMILES string of the molecule is Cc1cc(=O)cc(C(=O)N[C@@H](Cn2ccnc2)C(C)(C)C)[nH]1. The van der Waals surface area contributed by atoms with Crippen LogP contribution in [0.15, 0.2) is 35.6 Å². The van der Waals surface area contributed by atoms with Crippen LogP contribution in [-0.4, -0.2) is 26.5 Å². The quantitative estimate of drug-likeness (QED) is 0.902. The van der Waals surface area contributed by atoms with Gasteiger partial charge in [0, 0.05) is 36.8 Å². The van der Waals surface area contributed by atoms with Gasteiger partial charge in [-0.2, -0.15) is 0 Å². The van der Waals surface area contributed by atoms with Crippen molar-refractivity contribution in [3.8, 4) is 0 Å². The highest BCUT2D eigenvalue weighted by Gasteiger charge is 2.27. The average molecular weight is 302 g/mol. The summed E-state index contributed by atoms with van der Waals surface area (Å²) in [5.74, 6) is -0.277. The minimum absolute atomic E-state index is 0.0989. The maximum Gasteiger partial charge on any atom is 0.268 e. The highest BCUT2D eigenvalue weighted by molar-refractivity contribution is 5.92. The number of carbonyl (C=O) groups is 1. The number of nitrogens with one attached hydrogen (secondary N) is 2. The third kappa shape index (κ3) is 4.07. The summed E-state index contributed by atoms with van der Waals surface area (Å²) in [5, 5.41) is 3.01. The van der Waals surface area contributed by atoms with Gasteiger partial charge in [-0.1, -0.05) is 20.8 Å². The van der Waals surface area contributed by atoms with Gasteiger partial charge in [-0.05, 0) is 12.3 Å². The highest BCUT2D eigenvalue weighted by atomic mass is 16.2. The number of hydrogen-bond acceptors (Lipinski definition) is 3. The number of amides is 1. The molecular formula is C16H22N4O2. The number of carbonyl (C=O) groups excluding carboxylic acids is 1. The van der Waals surface area contributed by atoms with Gasteiger partial charge in [0.25, 0.3) is 5.91 Å². The fourth-order valence-corrected chi connectivity index (χ4v) is 2.18. The topological polar surface area (TPSA) is 79.8 Å². The van der Waals surface area contributed by atoms with Crippen LogP contribution in [0.25, 0.3) is 0 Å². The third-order valence-electron chi connectivity index (χ3n) is 3.53. The molecule has 2 aromatic heterocycles. The number of aromatic amines is 1. The molecule has 0 fully saturated rings. The molecule has 1 atom stereocenters. The lowest BCUT2D eigenvalue weighted by atomic mass is 9.86. The zero-order chi connectivity index (χ0) is 16.3. The number of hydrogen-bond donors (Lipinski definition) is 2. The molecule has 6 heteroatoms. The van der Waals surface area contributed by atoms with E-state index in [0.717, 1.165) is 0 Å². The molecule has 0 unspecified atom stereocenters. The predicted octanol–water partition coefficient (Wildman–Crippen LogP) is 1.72. The van der Waals surface area contributed by atoms with Crippen molar-refractivity contribution in [3.05, 3.63) is 52.5 Å². The number of aryl methyl sites for hydroxylation is 1. The molecule has 0 aromatic carbocycles. The molecule has 0 aliphatic carbocycles. The van der Waals surface area contributed by atoms with Gasteiger partial charge < -0.3 is 14.9 Å². The number of imidazole rings is 1. The van der Waals surface area contributed by atoms with Crippen LogP contribution in [0.3, 0.4) is 0 Å². The molecule has 2 heterocycles. The Morgan fingerprint density at radius 3 is 2.68 bits per heavy atom. The van der Waals surface area contributed by atoms with Crippen LogP contribution >= 0.6 is 0 Å². The fraction of sp³-hybridized carbons (Fsp3) is 0.438. The second kappa shape index (κ2) is 6.17. The van der Waals surface area contributed by atoms with E-state index >= 15 is 0 Å². The molecule has 0 saturated carbocycles. The zero-order valence-electron chi connectivity index (χ0n) is 13.4. The summed E-state index contributed by atoms with van der Waals surface area (Å²) < 4.78 is 1.93. The van der Waals surface area contributed by atoms with E-state index in [9.17, 15) is 9.59 Å². The summed E-state index contributed by atoms with van der Waals surface area (Å²) in [6.07, 6.45) is 5.29. The maximum atomic E-state index is 12.4. The van der Waals surface area contributed by atoms with Crippen LogP contribution < -0.4 is 10.7 Å². The summed E-state index contributed by atoms with van der Waals surface area (Å²) >= 11 is 0. The fourth-order valence-electron chi connectivity index (χ4n) is 2.18. The minimum Gasteiger partial charge on any atom is -0.354 e. The van der Waals surface area contributed by atoms with Crippen LogP contribution in [0.2, 0.25) is 0 Å². The molecule has 22 heavy (non-hydrogen) atoms. The van der Waals surface area contributed by atoms with Crippen molar-refractivity contribution >= 4 is 5.91 Å². The minimum atomic E-state index is -0.277. The number of nitrogens with zero attached hydrogens (tertiary/aromatic N) is 2. The molecular weight excluding hydrogens is 280 g/mol. The Morgan fingerprint density at radius 2 is 2.14 bits per heavy atom. The Morgan fingerprint density at radius 1 is 1.41 bits per heavy atom. The van der Waals surface area contributed by atoms with E-state index in [-0.39, 0.29) is 28.5 Å². The normalized spacial score (nSPS) is 12.9. The molecule has 0 spiro atoms. The van der Waals surface area contributed by atoms with Crippen molar-refractivity contribution in [2.24, 2.45) is 5.41 Å². The molecule has 2 N–H and O–H groups in total. The van der Waals surface area contributed by atoms with Gasteiger partial charge in [-0.3, -0.25) is 9.59 Å². The standard InChI is InChI=1S/C16H22N4O2/c1-11-7-12(21)8-13(18-11)15(22)19-14(16(2,3)4)9-20-6-5-17-10-20/h5-8,10,14H,9H2,1-4H3,(H,18,21)(H,19,22)/t14-/m0/s1. The van der Waals surface area contributed by atoms with Crippen LogP contribution in [0.4, 0.5) is 0 Å². The van der Waals surface area contributed by atoms with Gasteiger partial charge in [0.1, 0.15) is 5.69 Å². The van der Waals surface area contributed by atoms with E-state index in [1.54, 1.807) is 19.4 Å². The predicted molar refractivity (Wildman–Crippen MR) is 84.7 cm³/mol. The Labute approximate surface area is 129 Å². The average Bonchev–Trinajstić information content (AvgIpc) is 2.88.